The minimum absolute atomic E-state index is 0.222. The van der Waals surface area contributed by atoms with E-state index in [0.717, 1.165) is 12.8 Å². The van der Waals surface area contributed by atoms with Crippen molar-refractivity contribution in [2.24, 2.45) is 0 Å². The van der Waals surface area contributed by atoms with E-state index >= 15 is 0 Å². The quantitative estimate of drug-likeness (QED) is 0.393. The van der Waals surface area contributed by atoms with Gasteiger partial charge in [-0.1, -0.05) is 0 Å². The van der Waals surface area contributed by atoms with Crippen LogP contribution in [0.25, 0.3) is 12.2 Å². The molecule has 2 unspecified atom stereocenters. The molecule has 2 aliphatic rings. The van der Waals surface area contributed by atoms with Crippen molar-refractivity contribution in [1.82, 2.24) is 0 Å². The molecule has 0 nitrogen and oxygen atoms in total. The van der Waals surface area contributed by atoms with Gasteiger partial charge in [0, 0.05) is 0 Å². The molecule has 147 valence electrons. The van der Waals surface area contributed by atoms with E-state index in [-0.39, 0.29) is 8.45 Å². The second kappa shape index (κ2) is 7.29. The Kier molecular flexibility index (Phi) is 5.39. The Balaban J connectivity index is 2.00. The van der Waals surface area contributed by atoms with Gasteiger partial charge in [-0.05, 0) is 0 Å². The van der Waals surface area contributed by atoms with Crippen LogP contribution in [-0.4, -0.2) is 6.66 Å². The van der Waals surface area contributed by atoms with Crippen molar-refractivity contribution >= 4 is 37.4 Å². The van der Waals surface area contributed by atoms with E-state index in [1.54, 1.807) is 0 Å². The van der Waals surface area contributed by atoms with Crippen molar-refractivity contribution in [3.63, 3.8) is 0 Å². The third-order valence-corrected chi connectivity index (χ3v) is 42.3. The fourth-order valence-electron chi connectivity index (χ4n) is 5.52. The molecule has 0 fully saturated rings. The Morgan fingerprint density at radius 1 is 0.750 bits per heavy atom. The van der Waals surface area contributed by atoms with Gasteiger partial charge in [0.25, 0.3) is 0 Å². The topological polar surface area (TPSA) is 0 Å². The van der Waals surface area contributed by atoms with Crippen LogP contribution in [0.15, 0.2) is 59.7 Å². The van der Waals surface area contributed by atoms with E-state index in [1.807, 2.05) is 0 Å². The second-order valence-electron chi connectivity index (χ2n) is 8.65. The third-order valence-electron chi connectivity index (χ3n) is 7.06. The van der Waals surface area contributed by atoms with Gasteiger partial charge in [-0.2, -0.15) is 0 Å². The Bertz CT molecular complexity index is 916. The summed E-state index contributed by atoms with van der Waals surface area (Å²) in [5, 5.41) is 0. The molecule has 0 amide bonds. The van der Waals surface area contributed by atoms with Gasteiger partial charge >= 0.3 is 180 Å². The van der Waals surface area contributed by atoms with Crippen molar-refractivity contribution in [3.05, 3.63) is 81.9 Å². The second-order valence-corrected chi connectivity index (χ2v) is 37.9. The summed E-state index contributed by atoms with van der Waals surface area (Å²) in [6, 6.07) is 17.6. The van der Waals surface area contributed by atoms with Gasteiger partial charge in [0.15, 0.2) is 0 Å². The summed E-state index contributed by atoms with van der Waals surface area (Å²) in [5.41, 5.74) is 8.30. The normalized spacial score (nSPS) is 22.3. The van der Waals surface area contributed by atoms with E-state index < -0.39 is 19.1 Å². The van der Waals surface area contributed by atoms with E-state index in [4.69, 9.17) is 18.6 Å². The van der Waals surface area contributed by atoms with Crippen molar-refractivity contribution in [3.8, 4) is 0 Å². The molecule has 2 aliphatic carbocycles. The monoisotopic (exact) mass is 463 g/mol. The number of hydrogen-bond donors (Lipinski definition) is 0. The van der Waals surface area contributed by atoms with Gasteiger partial charge in [-0.15, -0.1) is 0 Å². The summed E-state index contributed by atoms with van der Waals surface area (Å²) >= 11 is -4.10. The Labute approximate surface area is 179 Å². The number of fused-ring (bicyclic) bond motifs is 2. The summed E-state index contributed by atoms with van der Waals surface area (Å²) in [4.78, 5) is 0. The summed E-state index contributed by atoms with van der Waals surface area (Å²) in [7, 11) is 16.2. The molecule has 0 heterocycles. The van der Waals surface area contributed by atoms with Crippen LogP contribution >= 0.6 is 18.6 Å². The van der Waals surface area contributed by atoms with E-state index in [9.17, 15) is 0 Å². The van der Waals surface area contributed by atoms with E-state index in [2.05, 4.69) is 87.6 Å². The number of benzene rings is 2. The van der Waals surface area contributed by atoms with Gasteiger partial charge in [0.1, 0.15) is 0 Å². The van der Waals surface area contributed by atoms with Crippen LogP contribution in [0, 0.1) is 0 Å². The first-order chi connectivity index (χ1) is 13.3. The number of rotatable bonds is 5. The maximum atomic E-state index is 8.08. The first-order valence-electron chi connectivity index (χ1n) is 10.5. The van der Waals surface area contributed by atoms with E-state index in [0.29, 0.717) is 0 Å². The molecule has 2 aromatic rings. The van der Waals surface area contributed by atoms with Gasteiger partial charge in [-0.25, -0.2) is 0 Å². The van der Waals surface area contributed by atoms with Crippen LogP contribution in [0.4, 0.5) is 0 Å². The van der Waals surface area contributed by atoms with Crippen LogP contribution in [0.1, 0.15) is 57.4 Å². The summed E-state index contributed by atoms with van der Waals surface area (Å²) in [6.07, 6.45) is 6.78. The molecule has 0 saturated heterocycles. The van der Waals surface area contributed by atoms with Crippen molar-refractivity contribution in [2.75, 3.05) is 0 Å². The summed E-state index contributed by atoms with van der Waals surface area (Å²) < 4.78 is 0.443. The molecule has 4 heteroatoms. The Morgan fingerprint density at radius 2 is 1.14 bits per heavy atom. The molecule has 2 aromatic carbocycles. The van der Waals surface area contributed by atoms with Gasteiger partial charge in [-0.3, -0.25) is 0 Å². The molecular formula is C24H29Cl2SiTi. The van der Waals surface area contributed by atoms with Crippen LogP contribution in [0.2, 0.25) is 13.1 Å². The fraction of sp³-hybridized carbons (Fsp3) is 0.333. The average Bonchev–Trinajstić information content (AvgIpc) is 3.26. The summed E-state index contributed by atoms with van der Waals surface area (Å²) in [6.45, 7) is 7.91. The van der Waals surface area contributed by atoms with Crippen LogP contribution in [0.3, 0.4) is 0 Å². The zero-order valence-corrected chi connectivity index (χ0v) is 21.4. The molecule has 2 atom stereocenters. The standard InChI is InChI=1S/2C11H11.C2H7Si.2ClH.Ti/c2*1-2-9-7-10-5-3-4-6-11(10)8-9;1-3-2;;;/h2*3-8H,2H2,1H3;3H,1-2H3;2*1H;/q;;;;;+2/p-2. The summed E-state index contributed by atoms with van der Waals surface area (Å²) in [5.74, 6) is 0. The zero-order chi connectivity index (χ0) is 20.1. The number of halogens is 2. The molecule has 0 aromatic heterocycles. The SMILES string of the molecule is CCC1=Cc2ccccc2[CH]1[Ti]([Cl])([Cl])([CH]1C(CC)=Cc2ccccc21)[SiH](C)C. The van der Waals surface area contributed by atoms with Crippen molar-refractivity contribution < 1.29 is 12.4 Å². The van der Waals surface area contributed by atoms with Gasteiger partial charge in [0.2, 0.25) is 0 Å². The first-order valence-corrected chi connectivity index (χ1v) is 22.2. The zero-order valence-electron chi connectivity index (χ0n) is 17.2. The molecule has 0 bridgehead atoms. The molecule has 28 heavy (non-hydrogen) atoms. The Morgan fingerprint density at radius 3 is 1.50 bits per heavy atom. The van der Waals surface area contributed by atoms with Gasteiger partial charge < -0.3 is 0 Å². The number of hydrogen-bond acceptors (Lipinski definition) is 0. The van der Waals surface area contributed by atoms with Crippen LogP contribution < -0.4 is 0 Å². The molecule has 4 rings (SSSR count). The predicted octanol–water partition coefficient (Wildman–Crippen LogP) is 8.06. The average molecular weight is 464 g/mol. The molecule has 0 spiro atoms. The van der Waals surface area contributed by atoms with Crippen LogP contribution in [-0.2, 0) is 12.4 Å². The molecule has 0 radical (unpaired) electrons. The van der Waals surface area contributed by atoms with Crippen molar-refractivity contribution in [2.45, 2.75) is 48.2 Å². The molecule has 0 N–H and O–H groups in total. The molecule has 0 aliphatic heterocycles. The van der Waals surface area contributed by atoms with Gasteiger partial charge in [0.05, 0.1) is 0 Å². The van der Waals surface area contributed by atoms with E-state index in [1.165, 1.54) is 33.4 Å². The number of allylic oxidation sites excluding steroid dienone is 2. The molecule has 0 saturated carbocycles. The molecular weight excluding hydrogens is 435 g/mol. The Hall–Kier alpha value is -0.569. The predicted molar refractivity (Wildman–Crippen MR) is 125 cm³/mol. The first kappa shape index (κ1) is 20.7. The third kappa shape index (κ3) is 2.82. The fourth-order valence-corrected chi connectivity index (χ4v) is 26.9. The van der Waals surface area contributed by atoms with Crippen LogP contribution in [0.5, 0.6) is 0 Å². The van der Waals surface area contributed by atoms with Crippen molar-refractivity contribution in [1.29, 1.82) is 0 Å². The maximum absolute atomic E-state index is 8.08. The minimum atomic E-state index is -4.10.